The Morgan fingerprint density at radius 3 is 3.04 bits per heavy atom. The molecule has 0 aromatic carbocycles. The number of aliphatic hydroxyl groups is 1. The van der Waals surface area contributed by atoms with Crippen molar-refractivity contribution in [3.8, 4) is 0 Å². The number of hydrogen-bond donors (Lipinski definition) is 1. The summed E-state index contributed by atoms with van der Waals surface area (Å²) < 4.78 is 6.53. The van der Waals surface area contributed by atoms with Crippen molar-refractivity contribution in [1.82, 2.24) is 19.8 Å². The maximum absolute atomic E-state index is 10.2. The van der Waals surface area contributed by atoms with Crippen molar-refractivity contribution in [3.63, 3.8) is 0 Å². The summed E-state index contributed by atoms with van der Waals surface area (Å²) in [6, 6.07) is 2.10. The van der Waals surface area contributed by atoms with Crippen LogP contribution in [-0.2, 0) is 4.74 Å². The number of thiophene rings is 1. The highest BCUT2D eigenvalue weighted by Gasteiger charge is 2.32. The van der Waals surface area contributed by atoms with E-state index < -0.39 is 5.60 Å². The number of fused-ring (bicyclic) bond motifs is 1. The first-order chi connectivity index (χ1) is 11.3. The Morgan fingerprint density at radius 2 is 2.38 bits per heavy atom. The lowest BCUT2D eigenvalue weighted by molar-refractivity contribution is -0.0599. The van der Waals surface area contributed by atoms with E-state index in [1.807, 2.05) is 27.1 Å². The molecule has 3 rings (SSSR count). The Kier molecular flexibility index (Phi) is 5.39. The Bertz CT molecular complexity index is 657. The summed E-state index contributed by atoms with van der Waals surface area (Å²) in [6.07, 6.45) is 3.42. The third kappa shape index (κ3) is 4.22. The van der Waals surface area contributed by atoms with Crippen molar-refractivity contribution in [3.05, 3.63) is 23.5 Å². The smallest absolute Gasteiger partial charge is 0.143 e. The molecule has 0 saturated carbocycles. The molecule has 24 heavy (non-hydrogen) atoms. The summed E-state index contributed by atoms with van der Waals surface area (Å²) in [4.78, 5) is 14.1. The molecule has 6 nitrogen and oxygen atoms in total. The highest BCUT2D eigenvalue weighted by Crippen LogP contribution is 2.35. The van der Waals surface area contributed by atoms with Gasteiger partial charge in [0.2, 0.25) is 0 Å². The predicted molar refractivity (Wildman–Crippen MR) is 96.2 cm³/mol. The van der Waals surface area contributed by atoms with E-state index in [1.165, 1.54) is 4.88 Å². The first-order valence-corrected chi connectivity index (χ1v) is 9.20. The highest BCUT2D eigenvalue weighted by atomic mass is 35.5. The summed E-state index contributed by atoms with van der Waals surface area (Å²) >= 11 is 7.89. The number of hydrogen-bond acceptors (Lipinski definition) is 7. The highest BCUT2D eigenvalue weighted by molar-refractivity contribution is 7.19. The third-order valence-corrected chi connectivity index (χ3v) is 5.29. The van der Waals surface area contributed by atoms with Gasteiger partial charge in [0, 0.05) is 30.7 Å². The van der Waals surface area contributed by atoms with Crippen molar-refractivity contribution >= 4 is 33.2 Å². The van der Waals surface area contributed by atoms with Crippen LogP contribution in [0.25, 0.3) is 10.2 Å². The average Bonchev–Trinajstić information content (AvgIpc) is 2.88. The molecule has 0 radical (unpaired) electrons. The number of halogens is 1. The molecule has 8 heteroatoms. The maximum Gasteiger partial charge on any atom is 0.143 e. The van der Waals surface area contributed by atoms with Gasteiger partial charge in [-0.2, -0.15) is 0 Å². The maximum atomic E-state index is 10.2. The topological polar surface area (TPSA) is 61.7 Å². The minimum Gasteiger partial charge on any atom is -0.389 e. The summed E-state index contributed by atoms with van der Waals surface area (Å²) in [5, 5.41) is 10.2. The Hall–Kier alpha value is -0.830. The van der Waals surface area contributed by atoms with Crippen LogP contribution in [0.3, 0.4) is 0 Å². The molecular weight excluding hydrogens is 348 g/mol. The van der Waals surface area contributed by atoms with Gasteiger partial charge < -0.3 is 9.84 Å². The first-order valence-electron chi connectivity index (χ1n) is 7.95. The van der Waals surface area contributed by atoms with Gasteiger partial charge in [0.05, 0.1) is 28.6 Å². The lowest BCUT2D eigenvalue weighted by atomic mass is 10.1. The second-order valence-electron chi connectivity index (χ2n) is 6.80. The van der Waals surface area contributed by atoms with Crippen LogP contribution in [0.2, 0.25) is 0 Å². The molecule has 0 spiro atoms. The van der Waals surface area contributed by atoms with Gasteiger partial charge in [-0.3, -0.25) is 9.80 Å². The molecule has 0 aliphatic carbocycles. The molecule has 1 saturated heterocycles. The van der Waals surface area contributed by atoms with E-state index in [2.05, 4.69) is 25.8 Å². The molecule has 0 bridgehead atoms. The zero-order chi connectivity index (χ0) is 17.3. The van der Waals surface area contributed by atoms with Crippen molar-refractivity contribution in [1.29, 1.82) is 0 Å². The van der Waals surface area contributed by atoms with Gasteiger partial charge in [0.1, 0.15) is 11.9 Å². The van der Waals surface area contributed by atoms with Crippen LogP contribution in [0, 0.1) is 0 Å². The molecule has 1 N–H and O–H groups in total. The van der Waals surface area contributed by atoms with E-state index in [9.17, 15) is 5.11 Å². The molecule has 2 atom stereocenters. The molecule has 1 aliphatic heterocycles. The van der Waals surface area contributed by atoms with Crippen LogP contribution >= 0.6 is 22.9 Å². The minimum absolute atomic E-state index is 0.0146. The second-order valence-corrected chi connectivity index (χ2v) is 8.40. The van der Waals surface area contributed by atoms with Crippen molar-refractivity contribution in [2.24, 2.45) is 0 Å². The van der Waals surface area contributed by atoms with Gasteiger partial charge in [0.15, 0.2) is 0 Å². The third-order valence-electron chi connectivity index (χ3n) is 3.92. The first kappa shape index (κ1) is 18.0. The zero-order valence-electron chi connectivity index (χ0n) is 14.1. The summed E-state index contributed by atoms with van der Waals surface area (Å²) in [7, 11) is 2.03. The van der Waals surface area contributed by atoms with E-state index in [4.69, 9.17) is 16.3 Å². The van der Waals surface area contributed by atoms with Crippen LogP contribution in [0.15, 0.2) is 18.6 Å². The number of ether oxygens (including phenoxy) is 1. The summed E-state index contributed by atoms with van der Waals surface area (Å²) in [5.41, 5.74) is -0.149. The number of aromatic nitrogens is 2. The van der Waals surface area contributed by atoms with Gasteiger partial charge in [-0.25, -0.2) is 9.97 Å². The lowest BCUT2D eigenvalue weighted by Crippen LogP contribution is -2.50. The van der Waals surface area contributed by atoms with Crippen LogP contribution in [0.4, 0.5) is 0 Å². The Labute approximate surface area is 151 Å². The molecule has 1 fully saturated rings. The number of likely N-dealkylation sites (N-methyl/N-ethyl adjacent to an activating group) is 1. The van der Waals surface area contributed by atoms with Crippen LogP contribution in [-0.4, -0.2) is 69.3 Å². The fraction of sp³-hybridized carbons (Fsp3) is 0.625. The second kappa shape index (κ2) is 7.19. The Balaban J connectivity index is 1.93. The number of alkyl halides is 1. The van der Waals surface area contributed by atoms with Crippen molar-refractivity contribution in [2.45, 2.75) is 31.2 Å². The quantitative estimate of drug-likeness (QED) is 0.815. The average molecular weight is 371 g/mol. The van der Waals surface area contributed by atoms with E-state index in [-0.39, 0.29) is 11.7 Å². The largest absolute Gasteiger partial charge is 0.389 e. The van der Waals surface area contributed by atoms with Crippen molar-refractivity contribution < 1.29 is 9.84 Å². The van der Waals surface area contributed by atoms with Crippen LogP contribution < -0.4 is 0 Å². The predicted octanol–water partition coefficient (Wildman–Crippen LogP) is 2.29. The molecule has 0 amide bonds. The van der Waals surface area contributed by atoms with Gasteiger partial charge >= 0.3 is 0 Å². The van der Waals surface area contributed by atoms with Gasteiger partial charge in [0.25, 0.3) is 0 Å². The van der Waals surface area contributed by atoms with Gasteiger partial charge in [-0.1, -0.05) is 11.6 Å². The van der Waals surface area contributed by atoms with Crippen LogP contribution in [0.5, 0.6) is 0 Å². The van der Waals surface area contributed by atoms with Crippen molar-refractivity contribution in [2.75, 3.05) is 33.3 Å². The fourth-order valence-electron chi connectivity index (χ4n) is 3.15. The van der Waals surface area contributed by atoms with Crippen LogP contribution in [0.1, 0.15) is 24.9 Å². The minimum atomic E-state index is -0.782. The van der Waals surface area contributed by atoms with E-state index in [0.29, 0.717) is 19.7 Å². The summed E-state index contributed by atoms with van der Waals surface area (Å²) in [6.45, 7) is 6.22. The molecule has 3 heterocycles. The Morgan fingerprint density at radius 1 is 1.58 bits per heavy atom. The van der Waals surface area contributed by atoms with E-state index >= 15 is 0 Å². The van der Waals surface area contributed by atoms with Gasteiger partial charge in [-0.15, -0.1) is 11.3 Å². The zero-order valence-corrected chi connectivity index (χ0v) is 15.7. The standard InChI is InChI=1S/C16H23ClN4O2S/c1-16(2,22)9-20(3)15(21-4-5-23-14(17)8-21)12-6-11-13(24-12)7-18-10-19-11/h6-7,10,14-15,22H,4-5,8-9H2,1-3H3. The normalized spacial score (nSPS) is 21.5. The molecular formula is C16H23ClN4O2S. The molecule has 2 aromatic rings. The number of morpholine rings is 1. The fourth-order valence-corrected chi connectivity index (χ4v) is 4.61. The summed E-state index contributed by atoms with van der Waals surface area (Å²) in [5.74, 6) is 0. The monoisotopic (exact) mass is 370 g/mol. The van der Waals surface area contributed by atoms with E-state index in [0.717, 1.165) is 16.8 Å². The lowest BCUT2D eigenvalue weighted by Gasteiger charge is -2.42. The molecule has 2 unspecified atom stereocenters. The number of rotatable bonds is 5. The molecule has 2 aromatic heterocycles. The number of nitrogens with zero attached hydrogens (tertiary/aromatic N) is 4. The molecule has 132 valence electrons. The SMILES string of the molecule is CN(CC(C)(C)O)C(c1cc2ncncc2s1)N1CCOC(Cl)C1. The van der Waals surface area contributed by atoms with Gasteiger partial charge in [-0.05, 0) is 27.0 Å². The van der Waals surface area contributed by atoms with E-state index in [1.54, 1.807) is 17.7 Å². The molecule has 1 aliphatic rings.